The van der Waals surface area contributed by atoms with Gasteiger partial charge in [0.1, 0.15) is 6.54 Å². The number of aliphatic carboxylic acids is 1. The lowest BCUT2D eigenvalue weighted by atomic mass is 10.1. The summed E-state index contributed by atoms with van der Waals surface area (Å²) >= 11 is 0. The van der Waals surface area contributed by atoms with E-state index in [0.29, 0.717) is 0 Å². The molecule has 1 aromatic rings. The Morgan fingerprint density at radius 1 is 1.21 bits per heavy atom. The fourth-order valence-corrected chi connectivity index (χ4v) is 3.76. The maximum Gasteiger partial charge on any atom is 0.322 e. The number of nitrogens with zero attached hydrogens (tertiary/aromatic N) is 1. The van der Waals surface area contributed by atoms with Gasteiger partial charge in [-0.1, -0.05) is 0 Å². The van der Waals surface area contributed by atoms with Gasteiger partial charge in [-0.3, -0.25) is 9.59 Å². The molecule has 0 radical (unpaired) electrons. The van der Waals surface area contributed by atoms with E-state index in [1.54, 1.807) is 0 Å². The zero-order valence-corrected chi connectivity index (χ0v) is 14.2. The average molecular weight is 355 g/mol. The van der Waals surface area contributed by atoms with E-state index in [1.807, 2.05) is 7.05 Å². The summed E-state index contributed by atoms with van der Waals surface area (Å²) in [4.78, 5) is 24.4. The highest BCUT2D eigenvalue weighted by Crippen LogP contribution is 2.15. The van der Waals surface area contributed by atoms with Crippen LogP contribution in [0.25, 0.3) is 0 Å². The van der Waals surface area contributed by atoms with Crippen LogP contribution in [0.3, 0.4) is 0 Å². The monoisotopic (exact) mass is 355 g/mol. The number of sulfonamides is 1. The molecule has 24 heavy (non-hydrogen) atoms. The molecule has 0 spiro atoms. The maximum absolute atomic E-state index is 12.4. The summed E-state index contributed by atoms with van der Waals surface area (Å²) in [6.07, 6.45) is 1.51. The first-order chi connectivity index (χ1) is 11.3. The molecule has 0 saturated carbocycles. The highest BCUT2D eigenvalue weighted by atomic mass is 32.2. The number of carboxylic acids is 1. The second-order valence-corrected chi connectivity index (χ2v) is 7.51. The maximum atomic E-state index is 12.4. The number of piperidine rings is 1. The highest BCUT2D eigenvalue weighted by molar-refractivity contribution is 7.89. The normalized spacial score (nSPS) is 16.7. The van der Waals surface area contributed by atoms with E-state index in [9.17, 15) is 18.0 Å². The third-order valence-electron chi connectivity index (χ3n) is 3.87. The number of carboxylic acid groups (broad SMARTS) is 1. The Balaban J connectivity index is 2.00. The van der Waals surface area contributed by atoms with Gasteiger partial charge in [0.25, 0.3) is 5.91 Å². The van der Waals surface area contributed by atoms with Gasteiger partial charge in [0.05, 0.1) is 4.90 Å². The molecule has 2 rings (SSSR count). The topological polar surface area (TPSA) is 116 Å². The Bertz CT molecular complexity index is 694. The first-order valence-corrected chi connectivity index (χ1v) is 9.07. The molecule has 0 unspecified atom stereocenters. The van der Waals surface area contributed by atoms with Crippen molar-refractivity contribution in [1.29, 1.82) is 0 Å². The van der Waals surface area contributed by atoms with E-state index >= 15 is 0 Å². The van der Waals surface area contributed by atoms with Crippen molar-refractivity contribution in [1.82, 2.24) is 14.9 Å². The first-order valence-electron chi connectivity index (χ1n) is 7.59. The van der Waals surface area contributed by atoms with Gasteiger partial charge >= 0.3 is 5.97 Å². The number of amides is 1. The molecule has 1 aromatic carbocycles. The molecule has 1 aliphatic rings. The zero-order chi connectivity index (χ0) is 17.7. The minimum absolute atomic E-state index is 0.0798. The van der Waals surface area contributed by atoms with Crippen LogP contribution in [0, 0.1) is 0 Å². The van der Waals surface area contributed by atoms with Crippen molar-refractivity contribution in [2.45, 2.75) is 23.8 Å². The van der Waals surface area contributed by atoms with Crippen LogP contribution in [0.5, 0.6) is 0 Å². The standard InChI is InChI=1S/C15H21N3O5S/c1-18-8-6-12(7-9-18)17-24(22,23)13-4-2-11(3-5-13)15(21)16-10-14(19)20/h2-5,12,17H,6-10H2,1H3,(H,16,21)(H,19,20). The first kappa shape index (κ1) is 18.4. The Kier molecular flexibility index (Phi) is 5.92. The lowest BCUT2D eigenvalue weighted by Gasteiger charge is -2.29. The minimum atomic E-state index is -3.64. The van der Waals surface area contributed by atoms with Gasteiger partial charge in [-0.05, 0) is 57.2 Å². The van der Waals surface area contributed by atoms with Crippen molar-refractivity contribution in [3.05, 3.63) is 29.8 Å². The molecule has 132 valence electrons. The SMILES string of the molecule is CN1CCC(NS(=O)(=O)c2ccc(C(=O)NCC(=O)O)cc2)CC1. The van der Waals surface area contributed by atoms with Crippen LogP contribution in [0.2, 0.25) is 0 Å². The van der Waals surface area contributed by atoms with Crippen LogP contribution in [0.15, 0.2) is 29.2 Å². The number of nitrogens with one attached hydrogen (secondary N) is 2. The molecule has 8 nitrogen and oxygen atoms in total. The molecular weight excluding hydrogens is 334 g/mol. The average Bonchev–Trinajstić information content (AvgIpc) is 2.54. The van der Waals surface area contributed by atoms with Gasteiger partial charge in [-0.25, -0.2) is 13.1 Å². The van der Waals surface area contributed by atoms with Crippen LogP contribution >= 0.6 is 0 Å². The van der Waals surface area contributed by atoms with Crippen LogP contribution < -0.4 is 10.0 Å². The van der Waals surface area contributed by atoms with E-state index in [1.165, 1.54) is 24.3 Å². The summed E-state index contributed by atoms with van der Waals surface area (Å²) in [5.41, 5.74) is 0.203. The summed E-state index contributed by atoms with van der Waals surface area (Å²) in [5.74, 6) is -1.71. The number of carbonyl (C=O) groups is 2. The molecule has 1 saturated heterocycles. The summed E-state index contributed by atoms with van der Waals surface area (Å²) in [6, 6.07) is 5.31. The van der Waals surface area contributed by atoms with Gasteiger partial charge in [0.15, 0.2) is 0 Å². The highest BCUT2D eigenvalue weighted by Gasteiger charge is 2.23. The zero-order valence-electron chi connectivity index (χ0n) is 13.4. The van der Waals surface area contributed by atoms with Gasteiger partial charge < -0.3 is 15.3 Å². The lowest BCUT2D eigenvalue weighted by Crippen LogP contribution is -2.43. The molecule has 3 N–H and O–H groups in total. The van der Waals surface area contributed by atoms with Gasteiger partial charge in [-0.15, -0.1) is 0 Å². The quantitative estimate of drug-likeness (QED) is 0.655. The summed E-state index contributed by atoms with van der Waals surface area (Å²) in [7, 11) is -1.64. The van der Waals surface area contributed by atoms with E-state index in [-0.39, 0.29) is 16.5 Å². The molecular formula is C15H21N3O5S. The minimum Gasteiger partial charge on any atom is -0.480 e. The molecule has 0 aromatic heterocycles. The van der Waals surface area contributed by atoms with Crippen molar-refractivity contribution in [3.8, 4) is 0 Å². The van der Waals surface area contributed by atoms with E-state index in [2.05, 4.69) is 14.9 Å². The summed E-state index contributed by atoms with van der Waals surface area (Å²) in [5, 5.41) is 10.7. The molecule has 0 bridgehead atoms. The van der Waals surface area contributed by atoms with Crippen molar-refractivity contribution in [3.63, 3.8) is 0 Å². The third kappa shape index (κ3) is 5.02. The number of hydrogen-bond acceptors (Lipinski definition) is 5. The van der Waals surface area contributed by atoms with Crippen molar-refractivity contribution in [2.75, 3.05) is 26.7 Å². The fourth-order valence-electron chi connectivity index (χ4n) is 2.46. The number of hydrogen-bond donors (Lipinski definition) is 3. The number of benzene rings is 1. The Morgan fingerprint density at radius 2 is 1.79 bits per heavy atom. The van der Waals surface area contributed by atoms with Gasteiger partial charge in [0.2, 0.25) is 10.0 Å². The predicted molar refractivity (Wildman–Crippen MR) is 87.3 cm³/mol. The number of rotatable bonds is 6. The Hall–Kier alpha value is -1.97. The van der Waals surface area contributed by atoms with Crippen LogP contribution in [0.4, 0.5) is 0 Å². The van der Waals surface area contributed by atoms with E-state index < -0.39 is 28.4 Å². The van der Waals surface area contributed by atoms with Crippen LogP contribution in [-0.2, 0) is 14.8 Å². The number of likely N-dealkylation sites (tertiary alicyclic amines) is 1. The smallest absolute Gasteiger partial charge is 0.322 e. The summed E-state index contributed by atoms with van der Waals surface area (Å²) < 4.78 is 27.4. The van der Waals surface area contributed by atoms with Gasteiger partial charge in [0, 0.05) is 11.6 Å². The van der Waals surface area contributed by atoms with Crippen molar-refractivity contribution in [2.24, 2.45) is 0 Å². The summed E-state index contributed by atoms with van der Waals surface area (Å²) in [6.45, 7) is 1.20. The second-order valence-electron chi connectivity index (χ2n) is 5.80. The number of carbonyl (C=O) groups excluding carboxylic acids is 1. The molecule has 0 atom stereocenters. The molecule has 1 amide bonds. The third-order valence-corrected chi connectivity index (χ3v) is 5.40. The molecule has 9 heteroatoms. The Morgan fingerprint density at radius 3 is 2.33 bits per heavy atom. The molecule has 1 aliphatic heterocycles. The van der Waals surface area contributed by atoms with Crippen LogP contribution in [0.1, 0.15) is 23.2 Å². The van der Waals surface area contributed by atoms with E-state index in [0.717, 1.165) is 25.9 Å². The van der Waals surface area contributed by atoms with Gasteiger partial charge in [-0.2, -0.15) is 0 Å². The van der Waals surface area contributed by atoms with E-state index in [4.69, 9.17) is 5.11 Å². The second kappa shape index (κ2) is 7.73. The largest absolute Gasteiger partial charge is 0.480 e. The fraction of sp³-hybridized carbons (Fsp3) is 0.467. The van der Waals surface area contributed by atoms with Crippen molar-refractivity contribution < 1.29 is 23.1 Å². The molecule has 1 fully saturated rings. The lowest BCUT2D eigenvalue weighted by molar-refractivity contribution is -0.135. The molecule has 0 aliphatic carbocycles. The predicted octanol–water partition coefficient (Wildman–Crippen LogP) is -0.126. The Labute approximate surface area is 140 Å². The molecule has 1 heterocycles. The van der Waals surface area contributed by atoms with Crippen LogP contribution in [-0.4, -0.2) is 63.0 Å². The van der Waals surface area contributed by atoms with Crippen molar-refractivity contribution >= 4 is 21.9 Å².